The second-order valence-electron chi connectivity index (χ2n) is 2.60. The number of carbonyl (C=O) groups is 1. The standard InChI is InChI=1S/C10H7F2NO2/c1-2-5-15-7-4-3-6(10(13)14)8(11)9(7)12/h1,3-4H,5H2,(H2,13,14). The molecule has 0 fully saturated rings. The maximum atomic E-state index is 13.2. The molecule has 1 aromatic carbocycles. The van der Waals surface area contributed by atoms with Gasteiger partial charge in [0.05, 0.1) is 5.56 Å². The third-order valence-electron chi connectivity index (χ3n) is 1.62. The van der Waals surface area contributed by atoms with Crippen LogP contribution < -0.4 is 10.5 Å². The third-order valence-corrected chi connectivity index (χ3v) is 1.62. The molecule has 1 aromatic rings. The van der Waals surface area contributed by atoms with Crippen molar-refractivity contribution in [3.63, 3.8) is 0 Å². The molecule has 0 saturated heterocycles. The van der Waals surface area contributed by atoms with E-state index in [0.29, 0.717) is 0 Å². The van der Waals surface area contributed by atoms with Crippen molar-refractivity contribution in [2.24, 2.45) is 5.73 Å². The first-order valence-corrected chi connectivity index (χ1v) is 3.92. The number of hydrogen-bond acceptors (Lipinski definition) is 2. The first kappa shape index (κ1) is 11.0. The summed E-state index contributed by atoms with van der Waals surface area (Å²) in [5.41, 5.74) is 4.29. The van der Waals surface area contributed by atoms with E-state index in [2.05, 4.69) is 5.92 Å². The van der Waals surface area contributed by atoms with Gasteiger partial charge < -0.3 is 10.5 Å². The molecule has 0 saturated carbocycles. The number of nitrogens with two attached hydrogens (primary N) is 1. The van der Waals surface area contributed by atoms with Crippen molar-refractivity contribution >= 4 is 5.91 Å². The molecule has 0 bridgehead atoms. The maximum absolute atomic E-state index is 13.2. The third kappa shape index (κ3) is 2.23. The van der Waals surface area contributed by atoms with Crippen molar-refractivity contribution in [3.8, 4) is 18.1 Å². The summed E-state index contributed by atoms with van der Waals surface area (Å²) in [7, 11) is 0. The number of rotatable bonds is 3. The summed E-state index contributed by atoms with van der Waals surface area (Å²) in [6.45, 7) is -0.188. The predicted octanol–water partition coefficient (Wildman–Crippen LogP) is 1.08. The summed E-state index contributed by atoms with van der Waals surface area (Å²) >= 11 is 0. The highest BCUT2D eigenvalue weighted by molar-refractivity contribution is 5.93. The van der Waals surface area contributed by atoms with Crippen LogP contribution in [0.15, 0.2) is 12.1 Å². The van der Waals surface area contributed by atoms with Gasteiger partial charge in [0.2, 0.25) is 5.82 Å². The lowest BCUT2D eigenvalue weighted by atomic mass is 10.2. The molecule has 0 radical (unpaired) electrons. The van der Waals surface area contributed by atoms with Gasteiger partial charge in [-0.3, -0.25) is 4.79 Å². The first-order valence-electron chi connectivity index (χ1n) is 3.92. The Morgan fingerprint density at radius 2 is 2.13 bits per heavy atom. The van der Waals surface area contributed by atoms with Crippen LogP contribution in [0.25, 0.3) is 0 Å². The maximum Gasteiger partial charge on any atom is 0.251 e. The molecule has 0 aliphatic rings. The largest absolute Gasteiger partial charge is 0.478 e. The number of halogens is 2. The number of amides is 1. The molecule has 78 valence electrons. The average molecular weight is 211 g/mol. The summed E-state index contributed by atoms with van der Waals surface area (Å²) in [5.74, 6) is -1.91. The van der Waals surface area contributed by atoms with E-state index in [1.165, 1.54) is 0 Å². The number of carbonyl (C=O) groups excluding carboxylic acids is 1. The Bertz CT molecular complexity index is 438. The van der Waals surface area contributed by atoms with Gasteiger partial charge in [-0.1, -0.05) is 5.92 Å². The van der Waals surface area contributed by atoms with Crippen molar-refractivity contribution in [2.45, 2.75) is 0 Å². The molecular formula is C10H7F2NO2. The van der Waals surface area contributed by atoms with Crippen LogP contribution in [-0.2, 0) is 0 Å². The summed E-state index contributed by atoms with van der Waals surface area (Å²) in [6.07, 6.45) is 4.88. The van der Waals surface area contributed by atoms with Gasteiger partial charge in [0.25, 0.3) is 5.91 Å². The van der Waals surface area contributed by atoms with Gasteiger partial charge in [-0.15, -0.1) is 6.42 Å². The van der Waals surface area contributed by atoms with E-state index in [1.807, 2.05) is 0 Å². The van der Waals surface area contributed by atoms with E-state index in [4.69, 9.17) is 16.9 Å². The van der Waals surface area contributed by atoms with Crippen molar-refractivity contribution in [2.75, 3.05) is 6.61 Å². The van der Waals surface area contributed by atoms with Crippen LogP contribution in [-0.4, -0.2) is 12.5 Å². The van der Waals surface area contributed by atoms with E-state index in [0.717, 1.165) is 12.1 Å². The highest BCUT2D eigenvalue weighted by Gasteiger charge is 2.17. The Labute approximate surface area is 84.8 Å². The molecule has 0 heterocycles. The highest BCUT2D eigenvalue weighted by atomic mass is 19.2. The van der Waals surface area contributed by atoms with Gasteiger partial charge >= 0.3 is 0 Å². The van der Waals surface area contributed by atoms with E-state index in [9.17, 15) is 13.6 Å². The van der Waals surface area contributed by atoms with Crippen LogP contribution in [0.1, 0.15) is 10.4 Å². The van der Waals surface area contributed by atoms with E-state index < -0.39 is 23.1 Å². The second-order valence-corrected chi connectivity index (χ2v) is 2.60. The fraction of sp³-hybridized carbons (Fsp3) is 0.100. The molecule has 1 amide bonds. The van der Waals surface area contributed by atoms with Gasteiger partial charge in [-0.2, -0.15) is 4.39 Å². The zero-order valence-corrected chi connectivity index (χ0v) is 7.59. The van der Waals surface area contributed by atoms with Crippen LogP contribution in [0.4, 0.5) is 8.78 Å². The predicted molar refractivity (Wildman–Crippen MR) is 49.2 cm³/mol. The fourth-order valence-electron chi connectivity index (χ4n) is 0.953. The van der Waals surface area contributed by atoms with E-state index >= 15 is 0 Å². The van der Waals surface area contributed by atoms with Crippen LogP contribution in [0.3, 0.4) is 0 Å². The second kappa shape index (κ2) is 4.42. The van der Waals surface area contributed by atoms with Crippen molar-refractivity contribution in [1.29, 1.82) is 0 Å². The lowest BCUT2D eigenvalue weighted by Gasteiger charge is -2.06. The summed E-state index contributed by atoms with van der Waals surface area (Å²) in [6, 6.07) is 2.13. The smallest absolute Gasteiger partial charge is 0.251 e. The lowest BCUT2D eigenvalue weighted by molar-refractivity contribution is 0.0995. The molecule has 5 heteroatoms. The fourth-order valence-corrected chi connectivity index (χ4v) is 0.953. The summed E-state index contributed by atoms with van der Waals surface area (Å²) in [4.78, 5) is 10.6. The normalized spacial score (nSPS) is 9.40. The Kier molecular flexibility index (Phi) is 3.24. The van der Waals surface area contributed by atoms with Gasteiger partial charge in [0.1, 0.15) is 6.61 Å². The Hall–Kier alpha value is -2.09. The van der Waals surface area contributed by atoms with Crippen LogP contribution in [0.5, 0.6) is 5.75 Å². The molecule has 2 N–H and O–H groups in total. The minimum Gasteiger partial charge on any atom is -0.478 e. The SMILES string of the molecule is C#CCOc1ccc(C(N)=O)c(F)c1F. The zero-order valence-electron chi connectivity index (χ0n) is 7.59. The molecular weight excluding hydrogens is 204 g/mol. The van der Waals surface area contributed by atoms with Gasteiger partial charge in [0, 0.05) is 0 Å². The molecule has 15 heavy (non-hydrogen) atoms. The molecule has 1 rings (SSSR count). The summed E-state index contributed by atoms with van der Waals surface area (Å²) < 4.78 is 31.0. The molecule has 0 atom stereocenters. The van der Waals surface area contributed by atoms with Crippen LogP contribution in [0, 0.1) is 24.0 Å². The van der Waals surface area contributed by atoms with Gasteiger partial charge in [-0.05, 0) is 12.1 Å². The zero-order chi connectivity index (χ0) is 11.4. The number of primary amides is 1. The molecule has 3 nitrogen and oxygen atoms in total. The Morgan fingerprint density at radius 3 is 2.67 bits per heavy atom. The Morgan fingerprint density at radius 1 is 1.47 bits per heavy atom. The topological polar surface area (TPSA) is 52.3 Å². The van der Waals surface area contributed by atoms with Crippen LogP contribution in [0.2, 0.25) is 0 Å². The quantitative estimate of drug-likeness (QED) is 0.760. The van der Waals surface area contributed by atoms with E-state index in [1.54, 1.807) is 0 Å². The minimum atomic E-state index is -1.34. The van der Waals surface area contributed by atoms with Crippen LogP contribution >= 0.6 is 0 Å². The number of terminal acetylenes is 1. The minimum absolute atomic E-state index is 0.188. The molecule has 0 unspecified atom stereocenters. The Balaban J connectivity index is 3.11. The van der Waals surface area contributed by atoms with Crippen molar-refractivity contribution < 1.29 is 18.3 Å². The van der Waals surface area contributed by atoms with Gasteiger partial charge in [0.15, 0.2) is 11.6 Å². The number of ether oxygens (including phenoxy) is 1. The van der Waals surface area contributed by atoms with Gasteiger partial charge in [-0.25, -0.2) is 4.39 Å². The average Bonchev–Trinajstić information content (AvgIpc) is 2.20. The monoisotopic (exact) mass is 211 g/mol. The van der Waals surface area contributed by atoms with E-state index in [-0.39, 0.29) is 12.4 Å². The lowest BCUT2D eigenvalue weighted by Crippen LogP contribution is -2.14. The summed E-state index contributed by atoms with van der Waals surface area (Å²) in [5, 5.41) is 0. The van der Waals surface area contributed by atoms with Crippen molar-refractivity contribution in [3.05, 3.63) is 29.3 Å². The number of hydrogen-bond donors (Lipinski definition) is 1. The molecule has 0 aliphatic carbocycles. The molecule has 0 spiro atoms. The highest BCUT2D eigenvalue weighted by Crippen LogP contribution is 2.22. The molecule has 0 aromatic heterocycles. The first-order chi connectivity index (χ1) is 7.07. The number of benzene rings is 1. The molecule has 0 aliphatic heterocycles. The van der Waals surface area contributed by atoms with Crippen molar-refractivity contribution in [1.82, 2.24) is 0 Å².